The third-order valence-electron chi connectivity index (χ3n) is 11.6. The van der Waals surface area contributed by atoms with Gasteiger partial charge >= 0.3 is 29.6 Å². The third kappa shape index (κ3) is 14.8. The summed E-state index contributed by atoms with van der Waals surface area (Å²) in [4.78, 5) is 37.7. The summed E-state index contributed by atoms with van der Waals surface area (Å²) in [5.41, 5.74) is -2.39. The average Bonchev–Trinajstić information content (AvgIpc) is 3.55. The number of carbonyl (C=O) groups excluding carboxylic acids is 3. The van der Waals surface area contributed by atoms with Crippen molar-refractivity contribution in [3.8, 4) is 11.5 Å². The molecule has 5 rings (SSSR count). The quantitative estimate of drug-likeness (QED) is 0.0238. The molecular formula is C49H60N5NaO11S2. The maximum absolute atomic E-state index is 14.5. The largest absolute Gasteiger partial charge is 1.00 e. The maximum atomic E-state index is 14.5. The van der Waals surface area contributed by atoms with Gasteiger partial charge in [-0.1, -0.05) is 115 Å². The van der Waals surface area contributed by atoms with Crippen LogP contribution in [0.15, 0.2) is 115 Å². The van der Waals surface area contributed by atoms with E-state index in [0.717, 1.165) is 61.0 Å². The molecule has 1 aliphatic rings. The molecule has 0 radical (unpaired) electrons. The second-order valence-corrected chi connectivity index (χ2v) is 20.0. The van der Waals surface area contributed by atoms with Gasteiger partial charge in [0.15, 0.2) is 5.54 Å². The molecule has 1 unspecified atom stereocenters. The number of ether oxygens (including phenoxy) is 1. The number of rotatable bonds is 27. The van der Waals surface area contributed by atoms with Crippen molar-refractivity contribution in [2.75, 3.05) is 16.9 Å². The van der Waals surface area contributed by atoms with Gasteiger partial charge in [-0.2, -0.15) is 28.8 Å². The number of hydrogen-bond donors (Lipinski definition) is 3. The van der Waals surface area contributed by atoms with E-state index in [2.05, 4.69) is 27.6 Å². The number of sulfone groups is 1. The number of carbonyl (C=O) groups is 3. The minimum Gasteiger partial charge on any atom is -0.545 e. The summed E-state index contributed by atoms with van der Waals surface area (Å²) in [5, 5.41) is 38.9. The van der Waals surface area contributed by atoms with Crippen LogP contribution in [0.1, 0.15) is 144 Å². The van der Waals surface area contributed by atoms with E-state index in [9.17, 15) is 46.0 Å². The van der Waals surface area contributed by atoms with Crippen molar-refractivity contribution in [1.29, 1.82) is 0 Å². The number of carboxylic acids is 1. The SMILES string of the molecule is CCCCCCCCCCCCCCCCCC1=NN(c2ccc(OCC)c(S(=O)(=O)O)c2)C(=O)C1(C)N=Nc1ccc(NC(=O)c2ccccc2)cc1S(=O)(=O)c1ccc(O)c(C(=O)[O-])c1.[Na+]. The molecule has 360 valence electrons. The molecule has 1 aliphatic heterocycles. The predicted octanol–water partition coefficient (Wildman–Crippen LogP) is 7.00. The van der Waals surface area contributed by atoms with Crippen LogP contribution >= 0.6 is 0 Å². The smallest absolute Gasteiger partial charge is 0.545 e. The van der Waals surface area contributed by atoms with Crippen molar-refractivity contribution in [3.05, 3.63) is 96.1 Å². The standard InChI is InChI=1S/C49H61N5O11S2.Na/c1-4-6-7-8-9-10-11-12-13-14-15-16-17-18-22-25-45-49(3,48(59)54(52-45)37-27-31-42(65-5-2)44(33-37)67(62,63)64)53-51-40-29-26-36(50-46(56)35-23-20-19-21-24-35)32-43(40)66(60,61)38-28-30-41(55)39(34-38)47(57)58;/h19-21,23-24,26-34,55H,4-18,22,25H2,1-3H3,(H,50,56)(H,57,58)(H,62,63,64);/q;+1/p-1. The Labute approximate surface area is 421 Å². The summed E-state index contributed by atoms with van der Waals surface area (Å²) in [7, 11) is -9.52. The monoisotopic (exact) mass is 981 g/mol. The number of hydrazone groups is 1. The normalized spacial score (nSPS) is 15.0. The second kappa shape index (κ2) is 26.1. The van der Waals surface area contributed by atoms with Gasteiger partial charge in [0, 0.05) is 16.8 Å². The number of amides is 2. The van der Waals surface area contributed by atoms with Gasteiger partial charge in [-0.05, 0) is 93.4 Å². The Morgan fingerprint density at radius 1 is 0.779 bits per heavy atom. The van der Waals surface area contributed by atoms with Gasteiger partial charge in [0.05, 0.1) is 28.9 Å². The topological polar surface area (TPSA) is 245 Å². The Kier molecular flexibility index (Phi) is 21.4. The van der Waals surface area contributed by atoms with Gasteiger partial charge in [-0.15, -0.1) is 0 Å². The molecule has 0 aliphatic carbocycles. The number of anilines is 2. The van der Waals surface area contributed by atoms with Crippen LogP contribution in [0, 0.1) is 0 Å². The number of azo groups is 1. The number of nitrogens with zero attached hydrogens (tertiary/aromatic N) is 4. The Balaban J connectivity index is 0.0000101. The number of benzene rings is 4. The van der Waals surface area contributed by atoms with Gasteiger partial charge in [-0.3, -0.25) is 14.1 Å². The zero-order valence-corrected chi connectivity index (χ0v) is 42.9. The van der Waals surface area contributed by atoms with E-state index >= 15 is 0 Å². The number of unbranched alkanes of at least 4 members (excludes halogenated alkanes) is 14. The second-order valence-electron chi connectivity index (χ2n) is 16.6. The maximum Gasteiger partial charge on any atom is 1.00 e. The number of nitrogens with one attached hydrogen (secondary N) is 1. The Morgan fingerprint density at radius 3 is 1.96 bits per heavy atom. The third-order valence-corrected chi connectivity index (χ3v) is 14.2. The van der Waals surface area contributed by atoms with Crippen LogP contribution in [0.5, 0.6) is 11.5 Å². The first-order chi connectivity index (χ1) is 32.0. The first kappa shape index (κ1) is 55.6. The first-order valence-electron chi connectivity index (χ1n) is 22.9. The molecule has 0 aromatic heterocycles. The van der Waals surface area contributed by atoms with Crippen molar-refractivity contribution in [2.45, 2.75) is 144 Å². The molecule has 0 saturated heterocycles. The van der Waals surface area contributed by atoms with Crippen LogP contribution in [-0.4, -0.2) is 62.1 Å². The Morgan fingerprint density at radius 2 is 1.38 bits per heavy atom. The summed E-state index contributed by atoms with van der Waals surface area (Å²) in [6.45, 7) is 5.41. The fourth-order valence-corrected chi connectivity index (χ4v) is 9.83. The molecule has 16 nitrogen and oxygen atoms in total. The van der Waals surface area contributed by atoms with Crippen molar-refractivity contribution >= 4 is 60.5 Å². The number of aromatic hydroxyl groups is 1. The van der Waals surface area contributed by atoms with Gasteiger partial charge < -0.3 is 25.1 Å². The van der Waals surface area contributed by atoms with E-state index in [-0.39, 0.29) is 76.7 Å². The fraction of sp³-hybridized carbons (Fsp3) is 0.429. The molecule has 4 aromatic rings. The summed E-state index contributed by atoms with van der Waals surface area (Å²) in [6, 6.07) is 18.3. The molecule has 0 saturated carbocycles. The average molecular weight is 982 g/mol. The number of aromatic carboxylic acids is 1. The first-order valence-corrected chi connectivity index (χ1v) is 25.8. The molecule has 3 N–H and O–H groups in total. The number of hydrogen-bond acceptors (Lipinski definition) is 13. The zero-order valence-electron chi connectivity index (χ0n) is 39.3. The van der Waals surface area contributed by atoms with Crippen molar-refractivity contribution in [2.24, 2.45) is 15.3 Å². The summed E-state index contributed by atoms with van der Waals surface area (Å²) < 4.78 is 69.0. The molecule has 1 atom stereocenters. The van der Waals surface area contributed by atoms with Crippen molar-refractivity contribution < 1.29 is 80.3 Å². The van der Waals surface area contributed by atoms with E-state index in [1.54, 1.807) is 37.3 Å². The van der Waals surface area contributed by atoms with E-state index < -0.39 is 69.3 Å². The fourth-order valence-electron chi connectivity index (χ4n) is 7.74. The van der Waals surface area contributed by atoms with Crippen LogP contribution in [0.4, 0.5) is 17.1 Å². The van der Waals surface area contributed by atoms with E-state index in [4.69, 9.17) is 4.74 Å². The van der Waals surface area contributed by atoms with Crippen molar-refractivity contribution in [3.63, 3.8) is 0 Å². The Bertz CT molecular complexity index is 2660. The van der Waals surface area contributed by atoms with E-state index in [0.29, 0.717) is 6.42 Å². The molecule has 4 aromatic carbocycles. The molecule has 0 spiro atoms. The van der Waals surface area contributed by atoms with Crippen LogP contribution < -0.4 is 49.7 Å². The van der Waals surface area contributed by atoms with E-state index in [1.165, 1.54) is 95.4 Å². The Hall–Kier alpha value is -4.98. The van der Waals surface area contributed by atoms with Gasteiger partial charge in [0.25, 0.3) is 21.9 Å². The van der Waals surface area contributed by atoms with Crippen molar-refractivity contribution in [1.82, 2.24) is 0 Å². The predicted molar refractivity (Wildman–Crippen MR) is 254 cm³/mol. The van der Waals surface area contributed by atoms with Gasteiger partial charge in [-0.25, -0.2) is 8.42 Å². The number of phenols is 1. The van der Waals surface area contributed by atoms with E-state index in [1.807, 2.05) is 0 Å². The molecular weight excluding hydrogens is 922 g/mol. The molecule has 0 fully saturated rings. The number of carboxylic acid groups (broad SMARTS) is 1. The summed E-state index contributed by atoms with van der Waals surface area (Å²) in [6.07, 6.45) is 17.5. The summed E-state index contributed by atoms with van der Waals surface area (Å²) in [5.74, 6) is -4.00. The van der Waals surface area contributed by atoms with Gasteiger partial charge in [0.1, 0.15) is 27.0 Å². The molecule has 1 heterocycles. The minimum atomic E-state index is -4.82. The summed E-state index contributed by atoms with van der Waals surface area (Å²) >= 11 is 0. The molecule has 68 heavy (non-hydrogen) atoms. The van der Waals surface area contributed by atoms with Crippen LogP contribution in [-0.2, 0) is 24.7 Å². The molecule has 2 amide bonds. The van der Waals surface area contributed by atoms with Crippen LogP contribution in [0.2, 0.25) is 0 Å². The molecule has 19 heteroatoms. The molecule has 0 bridgehead atoms. The van der Waals surface area contributed by atoms with Crippen LogP contribution in [0.3, 0.4) is 0 Å². The van der Waals surface area contributed by atoms with Gasteiger partial charge in [0.2, 0.25) is 9.84 Å². The minimum absolute atomic E-state index is 0. The van der Waals surface area contributed by atoms with Crippen LogP contribution in [0.25, 0.3) is 0 Å². The zero-order chi connectivity index (χ0) is 48.6.